The lowest BCUT2D eigenvalue weighted by molar-refractivity contribution is -0.344. The van der Waals surface area contributed by atoms with Crippen molar-refractivity contribution in [3.05, 3.63) is 54.9 Å². The van der Waals surface area contributed by atoms with Gasteiger partial charge in [-0.05, 0) is 19.9 Å². The third-order valence-corrected chi connectivity index (χ3v) is 7.48. The molecule has 0 saturated carbocycles. The first-order valence-corrected chi connectivity index (χ1v) is 12.7. The molecule has 0 aromatic carbocycles. The van der Waals surface area contributed by atoms with Crippen LogP contribution in [-0.2, 0) is 24.6 Å². The van der Waals surface area contributed by atoms with Crippen LogP contribution in [0.4, 0.5) is 30.5 Å². The lowest BCUT2D eigenvalue weighted by Gasteiger charge is -2.25. The summed E-state index contributed by atoms with van der Waals surface area (Å²) in [7, 11) is 1.45. The molecule has 0 fully saturated rings. The molecule has 1 amide bonds. The van der Waals surface area contributed by atoms with E-state index in [-0.39, 0.29) is 58.5 Å². The van der Waals surface area contributed by atoms with Gasteiger partial charge < -0.3 is 20.7 Å². The third kappa shape index (κ3) is 4.51. The Labute approximate surface area is 227 Å². The number of rotatable bonds is 6. The summed E-state index contributed by atoms with van der Waals surface area (Å²) in [6, 6.07) is 0.0287. The smallest absolute Gasteiger partial charge is 0.418 e. The number of pyridine rings is 1. The Morgan fingerprint density at radius 1 is 1.32 bits per heavy atom. The van der Waals surface area contributed by atoms with Gasteiger partial charge in [0.05, 0.1) is 12.2 Å². The summed E-state index contributed by atoms with van der Waals surface area (Å²) < 4.78 is 42.5. The number of aliphatic imine (C=N–C) groups is 1. The number of carbonyl (C=O) groups is 1. The number of amidine groups is 2. The van der Waals surface area contributed by atoms with Gasteiger partial charge in [-0.1, -0.05) is 4.99 Å². The molecule has 5 rings (SSSR count). The second kappa shape index (κ2) is 9.58. The molecule has 5 heterocycles. The largest absolute Gasteiger partial charge is 0.740 e. The van der Waals surface area contributed by atoms with Crippen molar-refractivity contribution in [3.63, 3.8) is 0 Å². The highest BCUT2D eigenvalue weighted by molar-refractivity contribution is 7.13. The van der Waals surface area contributed by atoms with Crippen molar-refractivity contribution in [3.8, 4) is 10.6 Å². The zero-order valence-electron chi connectivity index (χ0n) is 21.5. The molecule has 3 aromatic rings. The van der Waals surface area contributed by atoms with Crippen LogP contribution in [0.1, 0.15) is 25.1 Å². The molecule has 13 nitrogen and oxygen atoms in total. The van der Waals surface area contributed by atoms with Crippen molar-refractivity contribution < 1.29 is 22.7 Å². The summed E-state index contributed by atoms with van der Waals surface area (Å²) in [6.07, 6.45) is -3.30. The number of nitrogens with one attached hydrogen (secondary N) is 2. The normalized spacial score (nSPS) is 15.4. The number of amides is 1. The summed E-state index contributed by atoms with van der Waals surface area (Å²) in [6.45, 7) is 4.00. The van der Waals surface area contributed by atoms with Gasteiger partial charge in [0, 0.05) is 36.8 Å². The maximum absolute atomic E-state index is 13.3. The minimum Gasteiger partial charge on any atom is -0.740 e. The minimum atomic E-state index is -4.57. The van der Waals surface area contributed by atoms with E-state index < -0.39 is 34.9 Å². The first-order valence-electron chi connectivity index (χ1n) is 11.8. The van der Waals surface area contributed by atoms with E-state index in [0.717, 1.165) is 22.0 Å². The van der Waals surface area contributed by atoms with Crippen molar-refractivity contribution in [2.75, 3.05) is 22.2 Å². The number of aryl methyl sites for hydroxylation is 1. The van der Waals surface area contributed by atoms with Crippen LogP contribution >= 0.6 is 11.3 Å². The van der Waals surface area contributed by atoms with Gasteiger partial charge in [0.15, 0.2) is 0 Å². The summed E-state index contributed by atoms with van der Waals surface area (Å²) in [5, 5.41) is 19.2. The number of thiazole rings is 1. The topological polar surface area (TPSA) is 153 Å². The second-order valence-electron chi connectivity index (χ2n) is 9.16. The Morgan fingerprint density at radius 2 is 2.05 bits per heavy atom. The van der Waals surface area contributed by atoms with Crippen molar-refractivity contribution in [1.29, 1.82) is 0 Å². The minimum absolute atomic E-state index is 0.00501. The van der Waals surface area contributed by atoms with Gasteiger partial charge in [-0.2, -0.15) is 13.2 Å². The molecule has 0 bridgehead atoms. The fraction of sp³-hybridized carbons (Fsp3) is 0.348. The van der Waals surface area contributed by atoms with Crippen LogP contribution in [-0.4, -0.2) is 54.1 Å². The van der Waals surface area contributed by atoms with Gasteiger partial charge in [-0.25, -0.2) is 19.1 Å². The van der Waals surface area contributed by atoms with Crippen molar-refractivity contribution in [2.45, 2.75) is 39.5 Å². The van der Waals surface area contributed by atoms with Crippen LogP contribution in [0.25, 0.3) is 10.6 Å². The van der Waals surface area contributed by atoms with E-state index in [1.807, 2.05) is 0 Å². The number of halogens is 3. The number of nitrogens with zero attached hydrogens (tertiary/aromatic N) is 7. The number of hydroxylamine groups is 1. The number of anilines is 3. The Balaban J connectivity index is 1.37. The number of hydrogen-bond acceptors (Lipinski definition) is 10. The van der Waals surface area contributed by atoms with E-state index in [0.29, 0.717) is 4.74 Å². The first-order chi connectivity index (χ1) is 18.8. The molecule has 0 spiro atoms. The van der Waals surface area contributed by atoms with Gasteiger partial charge in [-0.15, -0.1) is 11.3 Å². The van der Waals surface area contributed by atoms with Crippen LogP contribution in [0.3, 0.4) is 0 Å². The van der Waals surface area contributed by atoms with Crippen LogP contribution < -0.4 is 26.8 Å². The highest BCUT2D eigenvalue weighted by Crippen LogP contribution is 2.35. The van der Waals surface area contributed by atoms with E-state index in [1.54, 1.807) is 6.92 Å². The molecule has 3 aromatic heterocycles. The molecule has 40 heavy (non-hydrogen) atoms. The molecular formula is C23H22F3N9O4S. The highest BCUT2D eigenvalue weighted by atomic mass is 32.1. The van der Waals surface area contributed by atoms with E-state index in [1.165, 1.54) is 41.9 Å². The van der Waals surface area contributed by atoms with Crippen molar-refractivity contribution in [1.82, 2.24) is 19.1 Å². The zero-order chi connectivity index (χ0) is 29.1. The lowest BCUT2D eigenvalue weighted by atomic mass is 10.1. The van der Waals surface area contributed by atoms with Crippen molar-refractivity contribution in [2.24, 2.45) is 12.0 Å². The molecule has 1 atom stereocenters. The summed E-state index contributed by atoms with van der Waals surface area (Å²) in [5.74, 6) is -0.0128. The van der Waals surface area contributed by atoms with Gasteiger partial charge in [0.1, 0.15) is 34.9 Å². The van der Waals surface area contributed by atoms with Crippen LogP contribution in [0, 0.1) is 12.1 Å². The summed E-state index contributed by atoms with van der Waals surface area (Å²) >= 11 is 1.03. The van der Waals surface area contributed by atoms with Crippen LogP contribution in [0.15, 0.2) is 32.2 Å². The third-order valence-electron chi connectivity index (χ3n) is 6.59. The molecule has 0 radical (unpaired) electrons. The average molecular weight is 578 g/mol. The van der Waals surface area contributed by atoms with Crippen molar-refractivity contribution >= 4 is 46.2 Å². The number of carbonyl (C=O) groups excluding carboxylic acids is 1. The highest BCUT2D eigenvalue weighted by Gasteiger charge is 2.35. The molecule has 2 aliphatic heterocycles. The fourth-order valence-corrected chi connectivity index (χ4v) is 5.09. The Hall–Kier alpha value is -4.54. The predicted octanol–water partition coefficient (Wildman–Crippen LogP) is 1.95. The molecule has 2 aliphatic rings. The number of aromatic nitrogens is 4. The monoisotopic (exact) mass is 577 g/mol. The number of fused-ring (bicyclic) bond motifs is 1. The number of alkyl halides is 3. The van der Waals surface area contributed by atoms with Crippen LogP contribution in [0.5, 0.6) is 0 Å². The maximum Gasteiger partial charge on any atom is 0.418 e. The number of hydrogen-bond donors (Lipinski definition) is 2. The van der Waals surface area contributed by atoms with E-state index in [4.69, 9.17) is 0 Å². The SMILES string of the molecule is CC1=[N+]([O-])C(Cn2c(=O)c3c(n(C)c2=O)NCN3[C@@H](C)C(=O)Nc2csc(-c3cnc(C)c(C(F)(F)F)c3)n2)=N1. The predicted molar refractivity (Wildman–Crippen MR) is 142 cm³/mol. The van der Waals surface area contributed by atoms with E-state index in [9.17, 15) is 32.8 Å². The molecule has 0 aliphatic carbocycles. The molecule has 17 heteroatoms. The van der Waals surface area contributed by atoms with Gasteiger partial charge in [0.25, 0.3) is 11.4 Å². The standard InChI is InChI=1S/C23H22F3N9O4S/c1-10-14(23(24,25)26)5-13(6-27-10)20-31-15(8-40-20)30-19(36)11(2)34-9-28-18-17(34)21(37)33(22(38)32(18)4)7-16-29-12(3)35(16)39/h5-6,8,11,28H,7,9H2,1-4H3,(H,30,36)/t11-/m0/s1. The summed E-state index contributed by atoms with van der Waals surface area (Å²) in [4.78, 5) is 52.7. The van der Waals surface area contributed by atoms with Crippen LogP contribution in [0.2, 0.25) is 0 Å². The Kier molecular flexibility index (Phi) is 6.48. The lowest BCUT2D eigenvalue weighted by Crippen LogP contribution is -2.48. The Bertz CT molecular complexity index is 1740. The molecule has 0 unspecified atom stereocenters. The summed E-state index contributed by atoms with van der Waals surface area (Å²) in [5.41, 5.74) is -2.19. The van der Waals surface area contributed by atoms with Gasteiger partial charge in [-0.3, -0.25) is 19.1 Å². The molecule has 0 saturated heterocycles. The van der Waals surface area contributed by atoms with E-state index >= 15 is 0 Å². The van der Waals surface area contributed by atoms with E-state index in [2.05, 4.69) is 25.6 Å². The second-order valence-corrected chi connectivity index (χ2v) is 10.0. The molecular weight excluding hydrogens is 555 g/mol. The zero-order valence-corrected chi connectivity index (χ0v) is 22.3. The fourth-order valence-electron chi connectivity index (χ4n) is 4.36. The Morgan fingerprint density at radius 3 is 2.70 bits per heavy atom. The average Bonchev–Trinajstić information content (AvgIpc) is 3.56. The van der Waals surface area contributed by atoms with Gasteiger partial charge >= 0.3 is 11.9 Å². The first kappa shape index (κ1) is 27.0. The molecule has 2 N–H and O–H groups in total. The quantitative estimate of drug-likeness (QED) is 0.333. The molecule has 210 valence electrons. The van der Waals surface area contributed by atoms with Gasteiger partial charge in [0.2, 0.25) is 11.7 Å². The maximum atomic E-state index is 13.3.